The van der Waals surface area contributed by atoms with Crippen LogP contribution in [0.2, 0.25) is 0 Å². The second-order valence-electron chi connectivity index (χ2n) is 8.62. The SMILES string of the molecule is CC1=NNC(Nc2cc(NC(=O)CCCC(=O)NO)nc(Sc3ccc(NC(=O)C4CC4)cc3)n2)C1. The number of hydrazone groups is 1. The molecule has 1 fully saturated rings. The lowest BCUT2D eigenvalue weighted by Crippen LogP contribution is -2.29. The van der Waals surface area contributed by atoms with Crippen LogP contribution in [-0.2, 0) is 14.4 Å². The van der Waals surface area contributed by atoms with Gasteiger partial charge in [0.25, 0.3) is 0 Å². The fourth-order valence-electron chi connectivity index (χ4n) is 3.42. The zero-order valence-corrected chi connectivity index (χ0v) is 20.5. The lowest BCUT2D eigenvalue weighted by molar-refractivity contribution is -0.129. The normalized spacial score (nSPS) is 16.5. The number of hydrogen-bond acceptors (Lipinski definition) is 10. The van der Waals surface area contributed by atoms with Gasteiger partial charge >= 0.3 is 0 Å². The van der Waals surface area contributed by atoms with Gasteiger partial charge in [0, 0.05) is 47.5 Å². The third kappa shape index (κ3) is 7.65. The van der Waals surface area contributed by atoms with Crippen molar-refractivity contribution in [1.29, 1.82) is 0 Å². The summed E-state index contributed by atoms with van der Waals surface area (Å²) in [5.74, 6) is 0.153. The molecule has 190 valence electrons. The molecule has 1 aliphatic carbocycles. The van der Waals surface area contributed by atoms with Gasteiger partial charge in [0.15, 0.2) is 5.16 Å². The van der Waals surface area contributed by atoms with E-state index in [0.29, 0.717) is 23.2 Å². The Morgan fingerprint density at radius 1 is 1.06 bits per heavy atom. The number of carbonyl (C=O) groups is 3. The highest BCUT2D eigenvalue weighted by molar-refractivity contribution is 7.99. The van der Waals surface area contributed by atoms with Crippen molar-refractivity contribution in [1.82, 2.24) is 20.9 Å². The zero-order valence-electron chi connectivity index (χ0n) is 19.7. The van der Waals surface area contributed by atoms with Crippen LogP contribution >= 0.6 is 11.8 Å². The average molecular weight is 513 g/mol. The first-order valence-electron chi connectivity index (χ1n) is 11.6. The van der Waals surface area contributed by atoms with Crippen molar-refractivity contribution in [2.75, 3.05) is 16.0 Å². The molecule has 0 saturated heterocycles. The van der Waals surface area contributed by atoms with Crippen LogP contribution in [0, 0.1) is 5.92 Å². The fraction of sp³-hybridized carbons (Fsp3) is 0.391. The Balaban J connectivity index is 1.43. The van der Waals surface area contributed by atoms with Gasteiger partial charge in [-0.05, 0) is 62.2 Å². The second kappa shape index (κ2) is 11.8. The van der Waals surface area contributed by atoms with Crippen molar-refractivity contribution in [2.45, 2.75) is 61.7 Å². The van der Waals surface area contributed by atoms with E-state index in [2.05, 4.69) is 36.4 Å². The van der Waals surface area contributed by atoms with Gasteiger partial charge in [0.05, 0.1) is 0 Å². The van der Waals surface area contributed by atoms with Crippen molar-refractivity contribution in [2.24, 2.45) is 11.0 Å². The number of amides is 3. The summed E-state index contributed by atoms with van der Waals surface area (Å²) in [4.78, 5) is 45.4. The molecule has 0 bridgehead atoms. The molecular weight excluding hydrogens is 484 g/mol. The van der Waals surface area contributed by atoms with E-state index in [-0.39, 0.29) is 43.2 Å². The fourth-order valence-corrected chi connectivity index (χ4v) is 4.19. The highest BCUT2D eigenvalue weighted by Gasteiger charge is 2.29. The van der Waals surface area contributed by atoms with E-state index >= 15 is 0 Å². The molecule has 2 aromatic rings. The van der Waals surface area contributed by atoms with E-state index in [9.17, 15) is 14.4 Å². The lowest BCUT2D eigenvalue weighted by Gasteiger charge is -2.15. The Morgan fingerprint density at radius 2 is 1.78 bits per heavy atom. The van der Waals surface area contributed by atoms with Crippen LogP contribution in [0.5, 0.6) is 0 Å². The predicted molar refractivity (Wildman–Crippen MR) is 135 cm³/mol. The van der Waals surface area contributed by atoms with Gasteiger partial charge in [-0.3, -0.25) is 25.0 Å². The molecule has 12 nitrogen and oxygen atoms in total. The van der Waals surface area contributed by atoms with Crippen LogP contribution in [0.15, 0.2) is 45.5 Å². The molecule has 1 aromatic carbocycles. The minimum atomic E-state index is -0.547. The molecule has 4 rings (SSSR count). The number of hydroxylamine groups is 1. The van der Waals surface area contributed by atoms with E-state index in [1.165, 1.54) is 11.8 Å². The zero-order chi connectivity index (χ0) is 25.5. The van der Waals surface area contributed by atoms with Crippen molar-refractivity contribution < 1.29 is 19.6 Å². The monoisotopic (exact) mass is 512 g/mol. The standard InChI is InChI=1S/C23H28N8O4S/c1-13-11-19(30-29-13)25-17-12-18(26-20(32)3-2-4-21(33)31-35)28-23(27-17)36-16-9-7-15(8-10-16)24-22(34)14-5-6-14/h7-10,12,14,19,30,35H,2-6,11H2,1H3,(H,24,34)(H,31,33)(H2,25,26,27,28,32). The molecule has 1 aromatic heterocycles. The van der Waals surface area contributed by atoms with Crippen molar-refractivity contribution >= 4 is 52.5 Å². The van der Waals surface area contributed by atoms with E-state index in [1.54, 1.807) is 11.5 Å². The Kier molecular flexibility index (Phi) is 8.33. The topological polar surface area (TPSA) is 170 Å². The van der Waals surface area contributed by atoms with Gasteiger partial charge in [0.1, 0.15) is 17.8 Å². The third-order valence-electron chi connectivity index (χ3n) is 5.42. The van der Waals surface area contributed by atoms with Gasteiger partial charge in [-0.15, -0.1) is 0 Å². The molecule has 1 unspecified atom stereocenters. The number of benzene rings is 1. The second-order valence-corrected chi connectivity index (χ2v) is 9.67. The summed E-state index contributed by atoms with van der Waals surface area (Å²) >= 11 is 1.32. The maximum atomic E-state index is 12.4. The summed E-state index contributed by atoms with van der Waals surface area (Å²) in [5, 5.41) is 22.1. The molecule has 2 heterocycles. The first kappa shape index (κ1) is 25.4. The number of aromatic nitrogens is 2. The van der Waals surface area contributed by atoms with Gasteiger partial charge in [-0.2, -0.15) is 5.10 Å². The van der Waals surface area contributed by atoms with E-state index < -0.39 is 5.91 Å². The first-order valence-corrected chi connectivity index (χ1v) is 12.5. The molecule has 36 heavy (non-hydrogen) atoms. The van der Waals surface area contributed by atoms with Gasteiger partial charge < -0.3 is 16.0 Å². The number of nitrogens with zero attached hydrogens (tertiary/aromatic N) is 3. The minimum absolute atomic E-state index is 0.0331. The van der Waals surface area contributed by atoms with Gasteiger partial charge in [-0.1, -0.05) is 0 Å². The third-order valence-corrected chi connectivity index (χ3v) is 6.29. The highest BCUT2D eigenvalue weighted by atomic mass is 32.2. The summed E-state index contributed by atoms with van der Waals surface area (Å²) in [6.07, 6.45) is 2.87. The minimum Gasteiger partial charge on any atom is -0.348 e. The summed E-state index contributed by atoms with van der Waals surface area (Å²) in [5.41, 5.74) is 6.24. The number of carbonyl (C=O) groups excluding carboxylic acids is 3. The molecule has 1 saturated carbocycles. The number of rotatable bonds is 11. The molecule has 0 radical (unpaired) electrons. The van der Waals surface area contributed by atoms with E-state index in [0.717, 1.165) is 29.1 Å². The summed E-state index contributed by atoms with van der Waals surface area (Å²) < 4.78 is 0. The maximum Gasteiger partial charge on any atom is 0.243 e. The van der Waals surface area contributed by atoms with Gasteiger partial charge in [0.2, 0.25) is 17.7 Å². The molecule has 3 amide bonds. The largest absolute Gasteiger partial charge is 0.348 e. The summed E-state index contributed by atoms with van der Waals surface area (Å²) in [6.45, 7) is 1.93. The van der Waals surface area contributed by atoms with Crippen LogP contribution in [0.4, 0.5) is 17.3 Å². The molecular formula is C23H28N8O4S. The predicted octanol–water partition coefficient (Wildman–Crippen LogP) is 2.70. The molecule has 1 atom stereocenters. The smallest absolute Gasteiger partial charge is 0.243 e. The van der Waals surface area contributed by atoms with Crippen molar-refractivity contribution in [3.8, 4) is 0 Å². The van der Waals surface area contributed by atoms with Crippen LogP contribution in [0.25, 0.3) is 0 Å². The molecule has 6 N–H and O–H groups in total. The summed E-state index contributed by atoms with van der Waals surface area (Å²) in [6, 6.07) is 9.04. The number of hydrogen-bond donors (Lipinski definition) is 6. The highest BCUT2D eigenvalue weighted by Crippen LogP contribution is 2.31. The average Bonchev–Trinajstić information content (AvgIpc) is 3.62. The number of anilines is 3. The van der Waals surface area contributed by atoms with Crippen molar-refractivity contribution in [3.63, 3.8) is 0 Å². The Bertz CT molecular complexity index is 1150. The van der Waals surface area contributed by atoms with Crippen LogP contribution < -0.4 is 26.9 Å². The molecule has 1 aliphatic heterocycles. The van der Waals surface area contributed by atoms with Crippen molar-refractivity contribution in [3.05, 3.63) is 30.3 Å². The lowest BCUT2D eigenvalue weighted by atomic mass is 10.2. The van der Waals surface area contributed by atoms with Crippen LogP contribution in [0.1, 0.15) is 45.4 Å². The van der Waals surface area contributed by atoms with E-state index in [1.807, 2.05) is 31.2 Å². The quantitative estimate of drug-likeness (QED) is 0.150. The number of nitrogens with one attached hydrogen (secondary N) is 5. The Labute approximate surface area is 212 Å². The molecule has 13 heteroatoms. The van der Waals surface area contributed by atoms with Crippen LogP contribution in [-0.4, -0.2) is 44.8 Å². The van der Waals surface area contributed by atoms with Gasteiger partial charge in [-0.25, -0.2) is 15.4 Å². The molecule has 2 aliphatic rings. The van der Waals surface area contributed by atoms with E-state index in [4.69, 9.17) is 5.21 Å². The van der Waals surface area contributed by atoms with Crippen LogP contribution in [0.3, 0.4) is 0 Å². The first-order chi connectivity index (χ1) is 17.4. The maximum absolute atomic E-state index is 12.4. The molecule has 0 spiro atoms. The Morgan fingerprint density at radius 3 is 2.44 bits per heavy atom. The summed E-state index contributed by atoms with van der Waals surface area (Å²) in [7, 11) is 0. The Hall–Kier alpha value is -3.71.